The minimum Gasteiger partial charge on any atom is -0.465 e. The number of fused-ring (bicyclic) bond motifs is 1. The molecule has 3 aromatic heterocycles. The standard InChI is InChI=1S/C14H12N5S.2W/c1-9-8-12(10-2-4-15-13(10)17-9)19-6-3-11(18-19)14-16-5-7-20-14;;/h3,5-8H,2,4H2,1H3;;/q-1;;. The second kappa shape index (κ2) is 7.16. The largest absolute Gasteiger partial charge is 0.465 e. The molecule has 8 heteroatoms. The first-order chi connectivity index (χ1) is 9.81. The van der Waals surface area contributed by atoms with E-state index in [1.807, 2.05) is 29.2 Å². The Labute approximate surface area is 161 Å². The van der Waals surface area contributed by atoms with E-state index in [1.54, 1.807) is 17.5 Å². The van der Waals surface area contributed by atoms with Crippen LogP contribution in [0.25, 0.3) is 21.7 Å². The van der Waals surface area contributed by atoms with Crippen LogP contribution in [0.2, 0.25) is 0 Å². The second-order valence-electron chi connectivity index (χ2n) is 4.70. The van der Waals surface area contributed by atoms with Crippen LogP contribution in [0.5, 0.6) is 0 Å². The molecule has 5 nitrogen and oxygen atoms in total. The summed E-state index contributed by atoms with van der Waals surface area (Å²) in [6, 6.07) is 4.06. The van der Waals surface area contributed by atoms with Gasteiger partial charge in [0.2, 0.25) is 0 Å². The molecule has 0 bridgehead atoms. The predicted octanol–water partition coefficient (Wildman–Crippen LogP) is 3.26. The van der Waals surface area contributed by atoms with E-state index < -0.39 is 0 Å². The van der Waals surface area contributed by atoms with Crippen molar-refractivity contribution < 1.29 is 42.1 Å². The number of nitrogens with zero attached hydrogens (tertiary/aromatic N) is 5. The first kappa shape index (κ1) is 17.5. The van der Waals surface area contributed by atoms with E-state index in [0.717, 1.165) is 40.9 Å². The van der Waals surface area contributed by atoms with Gasteiger partial charge < -0.3 is 10.3 Å². The summed E-state index contributed by atoms with van der Waals surface area (Å²) in [5.41, 5.74) is 4.13. The first-order valence-corrected chi connectivity index (χ1v) is 7.33. The maximum absolute atomic E-state index is 4.64. The Morgan fingerprint density at radius 1 is 1.32 bits per heavy atom. The van der Waals surface area contributed by atoms with Gasteiger partial charge in [-0.2, -0.15) is 5.10 Å². The Balaban J connectivity index is 0.000000882. The zero-order valence-corrected chi connectivity index (χ0v) is 18.4. The molecule has 112 valence electrons. The molecule has 0 fully saturated rings. The number of pyridine rings is 1. The van der Waals surface area contributed by atoms with E-state index in [-0.39, 0.29) is 42.1 Å². The van der Waals surface area contributed by atoms with Crippen molar-refractivity contribution in [3.63, 3.8) is 0 Å². The zero-order valence-electron chi connectivity index (χ0n) is 11.8. The Kier molecular flexibility index (Phi) is 5.70. The van der Waals surface area contributed by atoms with Gasteiger partial charge >= 0.3 is 0 Å². The molecule has 4 rings (SSSR count). The van der Waals surface area contributed by atoms with Crippen molar-refractivity contribution in [3.05, 3.63) is 46.5 Å². The normalized spacial score (nSPS) is 12.0. The van der Waals surface area contributed by atoms with Crippen molar-refractivity contribution in [1.82, 2.24) is 19.7 Å². The number of aromatic nitrogens is 4. The summed E-state index contributed by atoms with van der Waals surface area (Å²) in [7, 11) is 0. The molecule has 0 aliphatic carbocycles. The van der Waals surface area contributed by atoms with Gasteiger partial charge in [0, 0.05) is 59.9 Å². The Morgan fingerprint density at radius 3 is 2.95 bits per heavy atom. The predicted molar refractivity (Wildman–Crippen MR) is 78.8 cm³/mol. The summed E-state index contributed by atoms with van der Waals surface area (Å²) in [6.07, 6.45) is 4.71. The van der Waals surface area contributed by atoms with Crippen molar-refractivity contribution in [2.75, 3.05) is 6.54 Å². The minimum atomic E-state index is 0. The fourth-order valence-electron chi connectivity index (χ4n) is 2.44. The summed E-state index contributed by atoms with van der Waals surface area (Å²) in [4.78, 5) is 8.77. The van der Waals surface area contributed by atoms with Crippen LogP contribution in [-0.2, 0) is 48.6 Å². The van der Waals surface area contributed by atoms with Gasteiger partial charge in [-0.05, 0) is 37.6 Å². The van der Waals surface area contributed by atoms with Gasteiger partial charge in [-0.25, -0.2) is 9.67 Å². The molecule has 0 saturated carbocycles. The summed E-state index contributed by atoms with van der Waals surface area (Å²) >= 11 is 1.60. The molecule has 0 aromatic carbocycles. The Morgan fingerprint density at radius 2 is 2.18 bits per heavy atom. The molecule has 0 radical (unpaired) electrons. The van der Waals surface area contributed by atoms with Crippen LogP contribution >= 0.6 is 11.3 Å². The number of thiazole rings is 1. The quantitative estimate of drug-likeness (QED) is 0.429. The van der Waals surface area contributed by atoms with Crippen LogP contribution in [-0.4, -0.2) is 26.3 Å². The topological polar surface area (TPSA) is 57.7 Å². The molecule has 0 saturated heterocycles. The third kappa shape index (κ3) is 3.10. The Bertz CT molecular complexity index is 770. The first-order valence-electron chi connectivity index (χ1n) is 6.45. The summed E-state index contributed by atoms with van der Waals surface area (Å²) in [5.74, 6) is 0.867. The van der Waals surface area contributed by atoms with Gasteiger partial charge in [-0.1, -0.05) is 11.5 Å². The molecule has 1 aliphatic rings. The van der Waals surface area contributed by atoms with Crippen molar-refractivity contribution in [1.29, 1.82) is 0 Å². The van der Waals surface area contributed by atoms with E-state index in [0.29, 0.717) is 0 Å². The molecule has 0 spiro atoms. The SMILES string of the molecule is Cc1cc(-n2ccc(-c3nccs3)n2)c2c(n1)[N-]CC2.[W].[W]. The zero-order chi connectivity index (χ0) is 13.5. The van der Waals surface area contributed by atoms with Gasteiger partial charge in [0.15, 0.2) is 0 Å². The summed E-state index contributed by atoms with van der Waals surface area (Å²) in [6.45, 7) is 2.81. The molecule has 0 amide bonds. The van der Waals surface area contributed by atoms with Crippen molar-refractivity contribution >= 4 is 17.2 Å². The second-order valence-corrected chi connectivity index (χ2v) is 5.59. The van der Waals surface area contributed by atoms with Crippen LogP contribution < -0.4 is 0 Å². The van der Waals surface area contributed by atoms with Gasteiger partial charge in [0.25, 0.3) is 0 Å². The van der Waals surface area contributed by atoms with Crippen LogP contribution in [0.4, 0.5) is 5.82 Å². The van der Waals surface area contributed by atoms with Crippen LogP contribution in [0, 0.1) is 6.92 Å². The smallest absolute Gasteiger partial charge is 0.143 e. The number of aryl methyl sites for hydroxylation is 1. The van der Waals surface area contributed by atoms with E-state index in [2.05, 4.69) is 26.4 Å². The van der Waals surface area contributed by atoms with E-state index in [9.17, 15) is 0 Å². The van der Waals surface area contributed by atoms with Crippen molar-refractivity contribution in [2.45, 2.75) is 13.3 Å². The molecule has 0 unspecified atom stereocenters. The molecule has 0 atom stereocenters. The monoisotopic (exact) mass is 650 g/mol. The number of hydrogen-bond donors (Lipinski definition) is 0. The molecule has 4 heterocycles. The number of rotatable bonds is 2. The fraction of sp³-hybridized carbons (Fsp3) is 0.214. The van der Waals surface area contributed by atoms with Gasteiger partial charge in [-0.3, -0.25) is 0 Å². The average Bonchev–Trinajstić information content (AvgIpc) is 3.18. The fourth-order valence-corrected chi connectivity index (χ4v) is 3.04. The van der Waals surface area contributed by atoms with Gasteiger partial charge in [0.1, 0.15) is 10.7 Å². The van der Waals surface area contributed by atoms with Crippen LogP contribution in [0.3, 0.4) is 0 Å². The molecule has 0 N–H and O–H groups in total. The van der Waals surface area contributed by atoms with Crippen LogP contribution in [0.1, 0.15) is 11.3 Å². The molecular weight excluding hydrogens is 638 g/mol. The third-order valence-corrected chi connectivity index (χ3v) is 4.11. The number of hydrogen-bond acceptors (Lipinski definition) is 4. The van der Waals surface area contributed by atoms with Gasteiger partial charge in [-0.15, -0.1) is 11.3 Å². The van der Waals surface area contributed by atoms with Gasteiger partial charge in [0.05, 0.1) is 5.69 Å². The summed E-state index contributed by atoms with van der Waals surface area (Å²) < 4.78 is 1.91. The van der Waals surface area contributed by atoms with Crippen LogP contribution in [0.15, 0.2) is 29.9 Å². The average molecular weight is 650 g/mol. The molecule has 22 heavy (non-hydrogen) atoms. The van der Waals surface area contributed by atoms with E-state index in [4.69, 9.17) is 0 Å². The maximum Gasteiger partial charge on any atom is 0.143 e. The third-order valence-electron chi connectivity index (χ3n) is 3.32. The minimum absolute atomic E-state index is 0. The van der Waals surface area contributed by atoms with Crippen molar-refractivity contribution in [3.8, 4) is 16.4 Å². The Hall–Kier alpha value is -0.833. The van der Waals surface area contributed by atoms with Crippen molar-refractivity contribution in [2.24, 2.45) is 0 Å². The molecule has 3 aromatic rings. The molecule has 1 aliphatic heterocycles. The van der Waals surface area contributed by atoms with E-state index in [1.165, 1.54) is 5.56 Å². The summed E-state index contributed by atoms with van der Waals surface area (Å²) in [5, 5.41) is 12.0. The maximum atomic E-state index is 4.64. The molecular formula is C14H12N5SW2-. The van der Waals surface area contributed by atoms with E-state index >= 15 is 0 Å².